The molecule has 16 atom stereocenters. The average molecular weight is 664 g/mol. The Balaban J connectivity index is 1.25. The third kappa shape index (κ3) is 6.62. The summed E-state index contributed by atoms with van der Waals surface area (Å²) in [5.41, 5.74) is -2.38. The normalized spacial score (nSPS) is 49.9. The summed E-state index contributed by atoms with van der Waals surface area (Å²) in [6, 6.07) is 0. The van der Waals surface area contributed by atoms with Crippen LogP contribution < -0.4 is 0 Å². The predicted octanol–water partition coefficient (Wildman–Crippen LogP) is 1.45. The zero-order valence-corrected chi connectivity index (χ0v) is 27.8. The molecule has 45 heavy (non-hydrogen) atoms. The minimum atomic E-state index is -4.96. The standard InChI is InChI=1S/C32H56O12S/c1-17(15-42-29-28(37)27(36)23(34)16-43-29)6-5-7-18(2)22-13-24(44-45(39,40)41)26-20-12-25(35)32(38)14-19(33)8-11-31(32,4)21(20)9-10-30(22,26)3/h17-29,33-38H,5-16H2,1-4H3,(H,39,40,41)/p-1/t17-,18+,19-,20+,21-,22+,23+,24-,25+,26+,27-,28+,29+,30+,31+,32-/m0/s1. The van der Waals surface area contributed by atoms with Gasteiger partial charge in [-0.1, -0.05) is 40.5 Å². The van der Waals surface area contributed by atoms with E-state index in [1.807, 2.05) is 13.8 Å². The summed E-state index contributed by atoms with van der Waals surface area (Å²) in [5, 5.41) is 63.2. The molecule has 5 rings (SSSR count). The molecular weight excluding hydrogens is 608 g/mol. The van der Waals surface area contributed by atoms with Crippen molar-refractivity contribution in [1.29, 1.82) is 0 Å². The van der Waals surface area contributed by atoms with E-state index in [1.165, 1.54) is 0 Å². The van der Waals surface area contributed by atoms with Crippen molar-refractivity contribution in [3.05, 3.63) is 0 Å². The van der Waals surface area contributed by atoms with Gasteiger partial charge in [0, 0.05) is 11.8 Å². The average Bonchev–Trinajstić information content (AvgIpc) is 3.24. The number of fused-ring (bicyclic) bond motifs is 5. The fraction of sp³-hybridized carbons (Fsp3) is 1.00. The molecular formula is C32H55O12S-. The number of aliphatic hydroxyl groups excluding tert-OH is 5. The van der Waals surface area contributed by atoms with Crippen LogP contribution in [0, 0.1) is 46.3 Å². The van der Waals surface area contributed by atoms with Gasteiger partial charge in [0.05, 0.1) is 37.1 Å². The molecule has 12 nitrogen and oxygen atoms in total. The van der Waals surface area contributed by atoms with Gasteiger partial charge in [-0.3, -0.25) is 4.18 Å². The maximum atomic E-state index is 12.0. The Morgan fingerprint density at radius 1 is 1.00 bits per heavy atom. The molecule has 5 fully saturated rings. The van der Waals surface area contributed by atoms with Crippen LogP contribution >= 0.6 is 0 Å². The molecule has 0 amide bonds. The lowest BCUT2D eigenvalue weighted by Crippen LogP contribution is -2.69. The molecule has 0 bridgehead atoms. The van der Waals surface area contributed by atoms with Crippen LogP contribution in [0.15, 0.2) is 0 Å². The summed E-state index contributed by atoms with van der Waals surface area (Å²) in [6.07, 6.45) is -1.22. The van der Waals surface area contributed by atoms with Crippen LogP contribution in [0.25, 0.3) is 0 Å². The molecule has 0 unspecified atom stereocenters. The van der Waals surface area contributed by atoms with Gasteiger partial charge in [0.1, 0.15) is 18.3 Å². The third-order valence-corrected chi connectivity index (χ3v) is 13.6. The topological polar surface area (TPSA) is 206 Å². The molecule has 13 heteroatoms. The van der Waals surface area contributed by atoms with E-state index in [4.69, 9.17) is 13.7 Å². The highest BCUT2D eigenvalue weighted by molar-refractivity contribution is 7.80. The van der Waals surface area contributed by atoms with E-state index in [-0.39, 0.29) is 60.4 Å². The molecule has 6 N–H and O–H groups in total. The quantitative estimate of drug-likeness (QED) is 0.145. The largest absolute Gasteiger partial charge is 0.726 e. The van der Waals surface area contributed by atoms with Gasteiger partial charge < -0.3 is 44.7 Å². The van der Waals surface area contributed by atoms with Gasteiger partial charge in [0.25, 0.3) is 0 Å². The molecule has 1 heterocycles. The first-order chi connectivity index (χ1) is 20.9. The minimum absolute atomic E-state index is 0.00266. The lowest BCUT2D eigenvalue weighted by molar-refractivity contribution is -0.272. The fourth-order valence-electron chi connectivity index (χ4n) is 10.7. The predicted molar refractivity (Wildman–Crippen MR) is 160 cm³/mol. The van der Waals surface area contributed by atoms with Crippen LogP contribution in [0.1, 0.15) is 91.9 Å². The Morgan fingerprint density at radius 3 is 2.40 bits per heavy atom. The van der Waals surface area contributed by atoms with Gasteiger partial charge in [-0.15, -0.1) is 0 Å². The van der Waals surface area contributed by atoms with Gasteiger partial charge in [-0.05, 0) is 85.9 Å². The van der Waals surface area contributed by atoms with Crippen molar-refractivity contribution >= 4 is 10.4 Å². The van der Waals surface area contributed by atoms with Crippen molar-refractivity contribution < 1.29 is 57.3 Å². The Hall–Kier alpha value is -0.450. The first-order valence-corrected chi connectivity index (χ1v) is 18.2. The second kappa shape index (κ2) is 13.1. The van der Waals surface area contributed by atoms with Crippen LogP contribution in [-0.2, 0) is 24.1 Å². The molecule has 0 spiro atoms. The summed E-state index contributed by atoms with van der Waals surface area (Å²) in [7, 11) is -4.96. The number of aliphatic hydroxyl groups is 6. The molecule has 0 aromatic rings. The summed E-state index contributed by atoms with van der Waals surface area (Å²) in [5.74, 6) is 0.0486. The number of hydrogen-bond donors (Lipinski definition) is 6. The Bertz CT molecular complexity index is 1140. The first kappa shape index (κ1) is 35.8. The molecule has 0 aromatic carbocycles. The smallest absolute Gasteiger partial charge is 0.217 e. The van der Waals surface area contributed by atoms with E-state index in [2.05, 4.69) is 13.8 Å². The maximum absolute atomic E-state index is 12.0. The first-order valence-electron chi connectivity index (χ1n) is 16.9. The lowest BCUT2D eigenvalue weighted by atomic mass is 9.42. The van der Waals surface area contributed by atoms with Gasteiger partial charge >= 0.3 is 0 Å². The van der Waals surface area contributed by atoms with Crippen molar-refractivity contribution in [2.45, 2.75) is 140 Å². The van der Waals surface area contributed by atoms with Gasteiger partial charge in [0.2, 0.25) is 10.4 Å². The Morgan fingerprint density at radius 2 is 1.71 bits per heavy atom. The van der Waals surface area contributed by atoms with Crippen LogP contribution in [0.4, 0.5) is 0 Å². The van der Waals surface area contributed by atoms with Gasteiger partial charge in [0.15, 0.2) is 6.29 Å². The SMILES string of the molecule is C[C@@H](CCC[C@@H](C)[C@H]1C[C@H](OS(=O)(=O)[O-])[C@H]2[C@@H]3C[C@@H](O)[C@@]4(O)C[C@@H](O)CC[C@]4(C)[C@H]3CC[C@@]21C)CO[C@@H]1OC[C@@H](O)[C@H](O)[C@H]1O. The molecule has 262 valence electrons. The van der Waals surface area contributed by atoms with E-state index >= 15 is 0 Å². The van der Waals surface area contributed by atoms with E-state index < -0.39 is 64.3 Å². The Kier molecular flexibility index (Phi) is 10.4. The van der Waals surface area contributed by atoms with Crippen LogP contribution in [0.2, 0.25) is 0 Å². The van der Waals surface area contributed by atoms with E-state index in [1.54, 1.807) is 0 Å². The van der Waals surface area contributed by atoms with E-state index in [9.17, 15) is 43.6 Å². The van der Waals surface area contributed by atoms with Gasteiger partial charge in [-0.2, -0.15) is 0 Å². The molecule has 0 radical (unpaired) electrons. The number of ether oxygens (including phenoxy) is 2. The highest BCUT2D eigenvalue weighted by Crippen LogP contribution is 2.69. The monoisotopic (exact) mass is 663 g/mol. The van der Waals surface area contributed by atoms with E-state index in [0.29, 0.717) is 25.9 Å². The van der Waals surface area contributed by atoms with Crippen LogP contribution in [0.5, 0.6) is 0 Å². The van der Waals surface area contributed by atoms with E-state index in [0.717, 1.165) is 32.1 Å². The van der Waals surface area contributed by atoms with Crippen LogP contribution in [-0.4, -0.2) is 105 Å². The summed E-state index contributed by atoms with van der Waals surface area (Å²) < 4.78 is 52.2. The molecule has 0 aromatic heterocycles. The van der Waals surface area contributed by atoms with Gasteiger partial charge in [-0.25, -0.2) is 8.42 Å². The lowest BCUT2D eigenvalue weighted by Gasteiger charge is -2.65. The van der Waals surface area contributed by atoms with Crippen molar-refractivity contribution in [3.8, 4) is 0 Å². The molecule has 4 aliphatic carbocycles. The molecule has 1 saturated heterocycles. The van der Waals surface area contributed by atoms with Crippen LogP contribution in [0.3, 0.4) is 0 Å². The second-order valence-corrected chi connectivity index (χ2v) is 16.8. The highest BCUT2D eigenvalue weighted by Gasteiger charge is 2.69. The zero-order chi connectivity index (χ0) is 33.1. The van der Waals surface area contributed by atoms with Crippen molar-refractivity contribution in [1.82, 2.24) is 0 Å². The molecule has 4 saturated carbocycles. The minimum Gasteiger partial charge on any atom is -0.726 e. The second-order valence-electron chi connectivity index (χ2n) is 15.8. The molecule has 1 aliphatic heterocycles. The maximum Gasteiger partial charge on any atom is 0.217 e. The summed E-state index contributed by atoms with van der Waals surface area (Å²) in [6.45, 7) is 8.60. The Labute approximate surface area is 267 Å². The number of rotatable bonds is 10. The van der Waals surface area contributed by atoms with Crippen molar-refractivity contribution in [2.24, 2.45) is 46.3 Å². The summed E-state index contributed by atoms with van der Waals surface area (Å²) in [4.78, 5) is 0. The molecule has 5 aliphatic rings. The highest BCUT2D eigenvalue weighted by atomic mass is 32.3. The third-order valence-electron chi connectivity index (χ3n) is 13.1. The van der Waals surface area contributed by atoms with Crippen molar-refractivity contribution in [2.75, 3.05) is 13.2 Å². The summed E-state index contributed by atoms with van der Waals surface area (Å²) >= 11 is 0. The number of hydrogen-bond acceptors (Lipinski definition) is 12. The zero-order valence-electron chi connectivity index (χ0n) is 27.0. The fourth-order valence-corrected chi connectivity index (χ4v) is 11.2. The van der Waals surface area contributed by atoms with Crippen molar-refractivity contribution in [3.63, 3.8) is 0 Å².